The maximum atomic E-state index is 12.8. The summed E-state index contributed by atoms with van der Waals surface area (Å²) in [5, 5.41) is 13.6. The van der Waals surface area contributed by atoms with Crippen LogP contribution in [0.5, 0.6) is 0 Å². The van der Waals surface area contributed by atoms with Crippen molar-refractivity contribution in [3.05, 3.63) is 106 Å². The number of carbonyl (C=O) groups is 1. The van der Waals surface area contributed by atoms with Crippen molar-refractivity contribution in [2.45, 2.75) is 11.4 Å². The highest BCUT2D eigenvalue weighted by molar-refractivity contribution is 7.89. The third-order valence-corrected chi connectivity index (χ3v) is 6.44. The maximum absolute atomic E-state index is 12.8. The highest BCUT2D eigenvalue weighted by Gasteiger charge is 2.20. The quantitative estimate of drug-likeness (QED) is 0.315. The van der Waals surface area contributed by atoms with E-state index in [1.807, 2.05) is 30.3 Å². The highest BCUT2D eigenvalue weighted by atomic mass is 32.2. The molecular formula is C23H21N3O5S. The lowest BCUT2D eigenvalue weighted by Crippen LogP contribution is -2.26. The fraction of sp³-hybridized carbons (Fsp3) is 0.0870. The Balaban J connectivity index is 1.66. The predicted octanol–water partition coefficient (Wildman–Crippen LogP) is 4.07. The first-order valence-electron chi connectivity index (χ1n) is 9.60. The number of nitro benzene ring substituents is 1. The monoisotopic (exact) mass is 451 g/mol. The molecule has 164 valence electrons. The molecule has 0 radical (unpaired) electrons. The van der Waals surface area contributed by atoms with Gasteiger partial charge in [-0.15, -0.1) is 0 Å². The third-order valence-electron chi connectivity index (χ3n) is 4.63. The lowest BCUT2D eigenvalue weighted by molar-refractivity contribution is -0.385. The SMILES string of the molecule is CN(Cc1ccccc1)S(=O)(=O)c1ccc(NC(=O)/C=C/c2ccccc2[N+](=O)[O-])cc1. The molecule has 0 spiro atoms. The van der Waals surface area contributed by atoms with E-state index in [0.29, 0.717) is 11.3 Å². The van der Waals surface area contributed by atoms with Crippen LogP contribution >= 0.6 is 0 Å². The van der Waals surface area contributed by atoms with E-state index in [-0.39, 0.29) is 17.1 Å². The standard InChI is InChI=1S/C23H21N3O5S/c1-25(17-18-7-3-2-4-8-18)32(30,31)21-14-12-20(13-15-21)24-23(27)16-11-19-9-5-6-10-22(19)26(28)29/h2-16H,17H2,1H3,(H,24,27)/b16-11+. The van der Waals surface area contributed by atoms with E-state index in [1.165, 1.54) is 59.9 Å². The molecule has 0 unspecified atom stereocenters. The smallest absolute Gasteiger partial charge is 0.276 e. The molecule has 0 aromatic heterocycles. The minimum absolute atomic E-state index is 0.101. The first-order chi connectivity index (χ1) is 15.3. The summed E-state index contributed by atoms with van der Waals surface area (Å²) < 4.78 is 26.8. The number of carbonyl (C=O) groups excluding carboxylic acids is 1. The Morgan fingerprint density at radius 2 is 1.62 bits per heavy atom. The molecular weight excluding hydrogens is 430 g/mol. The molecule has 0 fully saturated rings. The maximum Gasteiger partial charge on any atom is 0.276 e. The van der Waals surface area contributed by atoms with Crippen molar-refractivity contribution in [2.75, 3.05) is 12.4 Å². The summed E-state index contributed by atoms with van der Waals surface area (Å²) in [5.41, 5.74) is 1.46. The minimum atomic E-state index is -3.70. The number of rotatable bonds is 8. The van der Waals surface area contributed by atoms with Crippen LogP contribution < -0.4 is 5.32 Å². The Labute approximate surface area is 186 Å². The normalized spacial score (nSPS) is 11.6. The van der Waals surface area contributed by atoms with Gasteiger partial charge in [-0.25, -0.2) is 8.42 Å². The average molecular weight is 452 g/mol. The summed E-state index contributed by atoms with van der Waals surface area (Å²) in [6.07, 6.45) is 2.53. The first kappa shape index (κ1) is 22.9. The van der Waals surface area contributed by atoms with Gasteiger partial charge >= 0.3 is 0 Å². The zero-order valence-electron chi connectivity index (χ0n) is 17.2. The number of hydrogen-bond donors (Lipinski definition) is 1. The van der Waals surface area contributed by atoms with Crippen molar-refractivity contribution in [3.63, 3.8) is 0 Å². The molecule has 0 heterocycles. The fourth-order valence-electron chi connectivity index (χ4n) is 2.96. The number of amides is 1. The van der Waals surface area contributed by atoms with Gasteiger partial charge in [0.1, 0.15) is 0 Å². The summed E-state index contributed by atoms with van der Waals surface area (Å²) in [5.74, 6) is -0.500. The van der Waals surface area contributed by atoms with Crippen LogP contribution in [0.2, 0.25) is 0 Å². The van der Waals surface area contributed by atoms with Gasteiger partial charge in [0.15, 0.2) is 0 Å². The molecule has 0 saturated heterocycles. The molecule has 0 aliphatic carbocycles. The molecule has 8 nitrogen and oxygen atoms in total. The van der Waals surface area contributed by atoms with Gasteiger partial charge in [0.25, 0.3) is 5.69 Å². The summed E-state index contributed by atoms with van der Waals surface area (Å²) in [6, 6.07) is 21.1. The minimum Gasteiger partial charge on any atom is -0.323 e. The molecule has 0 atom stereocenters. The van der Waals surface area contributed by atoms with Gasteiger partial charge in [0.2, 0.25) is 15.9 Å². The van der Waals surface area contributed by atoms with Crippen LogP contribution in [0.3, 0.4) is 0 Å². The Hall–Kier alpha value is -3.82. The second-order valence-corrected chi connectivity index (χ2v) is 8.95. The van der Waals surface area contributed by atoms with Crippen LogP contribution in [0.4, 0.5) is 11.4 Å². The molecule has 9 heteroatoms. The van der Waals surface area contributed by atoms with Crippen LogP contribution in [-0.2, 0) is 21.4 Å². The molecule has 0 aliphatic rings. The predicted molar refractivity (Wildman–Crippen MR) is 122 cm³/mol. The molecule has 1 amide bonds. The molecule has 3 aromatic carbocycles. The van der Waals surface area contributed by atoms with Crippen LogP contribution in [0.25, 0.3) is 6.08 Å². The van der Waals surface area contributed by atoms with Crippen molar-refractivity contribution < 1.29 is 18.1 Å². The van der Waals surface area contributed by atoms with Crippen molar-refractivity contribution in [3.8, 4) is 0 Å². The van der Waals surface area contributed by atoms with E-state index in [0.717, 1.165) is 5.56 Å². The van der Waals surface area contributed by atoms with E-state index in [4.69, 9.17) is 0 Å². The van der Waals surface area contributed by atoms with Crippen LogP contribution in [-0.4, -0.2) is 30.6 Å². The van der Waals surface area contributed by atoms with Gasteiger partial charge in [-0.2, -0.15) is 4.31 Å². The number of nitrogens with one attached hydrogen (secondary N) is 1. The van der Waals surface area contributed by atoms with Crippen molar-refractivity contribution >= 4 is 33.4 Å². The van der Waals surface area contributed by atoms with Gasteiger partial charge in [-0.1, -0.05) is 42.5 Å². The van der Waals surface area contributed by atoms with Gasteiger partial charge in [-0.3, -0.25) is 14.9 Å². The number of anilines is 1. The van der Waals surface area contributed by atoms with Crippen LogP contribution in [0.1, 0.15) is 11.1 Å². The third kappa shape index (κ3) is 5.65. The molecule has 0 bridgehead atoms. The van der Waals surface area contributed by atoms with Crippen molar-refractivity contribution in [2.24, 2.45) is 0 Å². The van der Waals surface area contributed by atoms with Crippen molar-refractivity contribution in [1.82, 2.24) is 4.31 Å². The number of para-hydroxylation sites is 1. The van der Waals surface area contributed by atoms with Gasteiger partial charge < -0.3 is 5.32 Å². The summed E-state index contributed by atoms with van der Waals surface area (Å²) >= 11 is 0. The molecule has 0 aliphatic heterocycles. The largest absolute Gasteiger partial charge is 0.323 e. The average Bonchev–Trinajstić information content (AvgIpc) is 2.79. The van der Waals surface area contributed by atoms with Gasteiger partial charge in [0, 0.05) is 31.4 Å². The van der Waals surface area contributed by atoms with E-state index in [1.54, 1.807) is 12.1 Å². The van der Waals surface area contributed by atoms with Gasteiger partial charge in [-0.05, 0) is 42.0 Å². The van der Waals surface area contributed by atoms with E-state index in [9.17, 15) is 23.3 Å². The van der Waals surface area contributed by atoms with E-state index < -0.39 is 20.9 Å². The number of benzene rings is 3. The molecule has 32 heavy (non-hydrogen) atoms. The number of nitro groups is 1. The molecule has 3 aromatic rings. The zero-order chi connectivity index (χ0) is 23.1. The Morgan fingerprint density at radius 3 is 2.28 bits per heavy atom. The summed E-state index contributed by atoms with van der Waals surface area (Å²) in [6.45, 7) is 0.234. The van der Waals surface area contributed by atoms with Crippen molar-refractivity contribution in [1.29, 1.82) is 0 Å². The summed E-state index contributed by atoms with van der Waals surface area (Å²) in [4.78, 5) is 22.8. The number of nitrogens with zero attached hydrogens (tertiary/aromatic N) is 2. The molecule has 0 saturated carbocycles. The Kier molecular flexibility index (Phi) is 7.14. The lowest BCUT2D eigenvalue weighted by Gasteiger charge is -2.17. The number of hydrogen-bond acceptors (Lipinski definition) is 5. The van der Waals surface area contributed by atoms with Crippen LogP contribution in [0.15, 0.2) is 89.8 Å². The van der Waals surface area contributed by atoms with E-state index >= 15 is 0 Å². The Morgan fingerprint density at radius 1 is 1.00 bits per heavy atom. The topological polar surface area (TPSA) is 110 Å². The first-order valence-corrected chi connectivity index (χ1v) is 11.0. The second kappa shape index (κ2) is 9.99. The molecule has 3 rings (SSSR count). The zero-order valence-corrected chi connectivity index (χ0v) is 18.0. The highest BCUT2D eigenvalue weighted by Crippen LogP contribution is 2.21. The summed E-state index contributed by atoms with van der Waals surface area (Å²) in [7, 11) is -2.19. The Bertz CT molecular complexity index is 1240. The van der Waals surface area contributed by atoms with Gasteiger partial charge in [0.05, 0.1) is 15.4 Å². The van der Waals surface area contributed by atoms with E-state index in [2.05, 4.69) is 5.32 Å². The lowest BCUT2D eigenvalue weighted by atomic mass is 10.1. The fourth-order valence-corrected chi connectivity index (χ4v) is 4.12. The molecule has 1 N–H and O–H groups in total. The van der Waals surface area contributed by atoms with Crippen LogP contribution in [0, 0.1) is 10.1 Å². The second-order valence-electron chi connectivity index (χ2n) is 6.91. The number of sulfonamides is 1.